The van der Waals surface area contributed by atoms with Crippen LogP contribution >= 0.6 is 0 Å². The number of aromatic nitrogens is 2. The van der Waals surface area contributed by atoms with E-state index in [4.69, 9.17) is 0 Å². The third-order valence-electron chi connectivity index (χ3n) is 3.29. The summed E-state index contributed by atoms with van der Waals surface area (Å²) in [6.45, 7) is 3.05. The summed E-state index contributed by atoms with van der Waals surface area (Å²) in [6.07, 6.45) is 1.08. The summed E-state index contributed by atoms with van der Waals surface area (Å²) in [5, 5.41) is 14.2. The van der Waals surface area contributed by atoms with Crippen LogP contribution in [0.1, 0.15) is 13.3 Å². The number of hydrogen-bond donors (Lipinski definition) is 1. The summed E-state index contributed by atoms with van der Waals surface area (Å²) in [6, 6.07) is 18.6. The van der Waals surface area contributed by atoms with E-state index in [1.807, 2.05) is 12.1 Å². The van der Waals surface area contributed by atoms with E-state index in [0.29, 0.717) is 0 Å². The van der Waals surface area contributed by atoms with Crippen LogP contribution in [-0.4, -0.2) is 16.7 Å². The highest BCUT2D eigenvalue weighted by atomic mass is 15.2. The zero-order valence-electron chi connectivity index (χ0n) is 11.5. The molecule has 2 aromatic carbocycles. The average Bonchev–Trinajstić information content (AvgIpc) is 2.53. The Labute approximate surface area is 118 Å². The van der Waals surface area contributed by atoms with E-state index in [0.717, 1.165) is 30.0 Å². The van der Waals surface area contributed by atoms with Crippen molar-refractivity contribution in [2.24, 2.45) is 0 Å². The van der Waals surface area contributed by atoms with Gasteiger partial charge in [0.2, 0.25) is 0 Å². The van der Waals surface area contributed by atoms with E-state index in [1.54, 1.807) is 0 Å². The summed E-state index contributed by atoms with van der Waals surface area (Å²) in [4.78, 5) is 0. The van der Waals surface area contributed by atoms with Crippen molar-refractivity contribution >= 4 is 16.6 Å². The third kappa shape index (κ3) is 2.48. The number of rotatable bonds is 4. The number of benzene rings is 2. The fourth-order valence-corrected chi connectivity index (χ4v) is 2.27. The van der Waals surface area contributed by atoms with Gasteiger partial charge in [0.25, 0.3) is 0 Å². The second-order valence-corrected chi connectivity index (χ2v) is 4.76. The third-order valence-corrected chi connectivity index (χ3v) is 3.29. The molecule has 3 aromatic rings. The lowest BCUT2D eigenvalue weighted by Gasteiger charge is -2.07. The van der Waals surface area contributed by atoms with Crippen molar-refractivity contribution in [2.75, 3.05) is 11.9 Å². The van der Waals surface area contributed by atoms with E-state index in [-0.39, 0.29) is 0 Å². The molecule has 100 valence electrons. The van der Waals surface area contributed by atoms with Crippen LogP contribution in [0.5, 0.6) is 0 Å². The number of nitrogens with one attached hydrogen (secondary N) is 1. The van der Waals surface area contributed by atoms with Crippen LogP contribution < -0.4 is 5.32 Å². The van der Waals surface area contributed by atoms with E-state index in [1.165, 1.54) is 10.8 Å². The second-order valence-electron chi connectivity index (χ2n) is 4.76. The number of nitrogens with zero attached hydrogens (tertiary/aromatic N) is 2. The van der Waals surface area contributed by atoms with E-state index in [9.17, 15) is 0 Å². The van der Waals surface area contributed by atoms with Crippen LogP contribution in [0.4, 0.5) is 5.82 Å². The molecule has 3 nitrogen and oxygen atoms in total. The summed E-state index contributed by atoms with van der Waals surface area (Å²) < 4.78 is 0. The molecule has 0 unspecified atom stereocenters. The van der Waals surface area contributed by atoms with Gasteiger partial charge >= 0.3 is 0 Å². The predicted octanol–water partition coefficient (Wildman–Crippen LogP) is 4.12. The van der Waals surface area contributed by atoms with Gasteiger partial charge in [-0.1, -0.05) is 49.4 Å². The fraction of sp³-hybridized carbons (Fsp3) is 0.176. The van der Waals surface area contributed by atoms with Crippen molar-refractivity contribution in [1.82, 2.24) is 10.2 Å². The molecule has 0 fully saturated rings. The minimum Gasteiger partial charge on any atom is -0.369 e. The van der Waals surface area contributed by atoms with Crippen molar-refractivity contribution < 1.29 is 0 Å². The molecule has 0 aliphatic rings. The first-order valence-corrected chi connectivity index (χ1v) is 6.94. The van der Waals surface area contributed by atoms with Gasteiger partial charge in [-0.25, -0.2) is 0 Å². The molecule has 0 radical (unpaired) electrons. The van der Waals surface area contributed by atoms with Gasteiger partial charge in [0.05, 0.1) is 5.69 Å². The standard InChI is InChI=1S/C17H17N3/c1-2-12-18-17-11-10-16(19-20-17)15-9-5-7-13-6-3-4-8-14(13)15/h3-11H,2,12H2,1H3,(H,18,20). The highest BCUT2D eigenvalue weighted by Crippen LogP contribution is 2.26. The Balaban J connectivity index is 1.98. The molecular weight excluding hydrogens is 246 g/mol. The minimum absolute atomic E-state index is 0.829. The van der Waals surface area contributed by atoms with Crippen LogP contribution in [0.25, 0.3) is 22.0 Å². The molecule has 0 aliphatic carbocycles. The van der Waals surface area contributed by atoms with Gasteiger partial charge in [0.1, 0.15) is 5.82 Å². The fourth-order valence-electron chi connectivity index (χ4n) is 2.27. The smallest absolute Gasteiger partial charge is 0.148 e. The van der Waals surface area contributed by atoms with Gasteiger partial charge in [-0.3, -0.25) is 0 Å². The summed E-state index contributed by atoms with van der Waals surface area (Å²) in [5.74, 6) is 0.829. The van der Waals surface area contributed by atoms with Crippen LogP contribution in [0.3, 0.4) is 0 Å². The van der Waals surface area contributed by atoms with Crippen LogP contribution in [0, 0.1) is 0 Å². The average molecular weight is 263 g/mol. The second kappa shape index (κ2) is 5.70. The van der Waals surface area contributed by atoms with Crippen molar-refractivity contribution in [2.45, 2.75) is 13.3 Å². The highest BCUT2D eigenvalue weighted by Gasteiger charge is 2.05. The van der Waals surface area contributed by atoms with Gasteiger partial charge in [-0.15, -0.1) is 10.2 Å². The summed E-state index contributed by atoms with van der Waals surface area (Å²) >= 11 is 0. The molecule has 0 spiro atoms. The van der Waals surface area contributed by atoms with Gasteiger partial charge in [0.15, 0.2) is 0 Å². The normalized spacial score (nSPS) is 10.7. The largest absolute Gasteiger partial charge is 0.369 e. The monoisotopic (exact) mass is 263 g/mol. The lowest BCUT2D eigenvalue weighted by molar-refractivity contribution is 0.946. The lowest BCUT2D eigenvalue weighted by Crippen LogP contribution is -2.02. The Morgan fingerprint density at radius 3 is 2.55 bits per heavy atom. The first-order chi connectivity index (χ1) is 9.88. The molecule has 3 heteroatoms. The molecule has 0 bridgehead atoms. The van der Waals surface area contributed by atoms with Crippen molar-refractivity contribution in [1.29, 1.82) is 0 Å². The predicted molar refractivity (Wildman–Crippen MR) is 83.8 cm³/mol. The van der Waals surface area contributed by atoms with Gasteiger partial charge in [-0.05, 0) is 29.3 Å². The Kier molecular flexibility index (Phi) is 3.59. The minimum atomic E-state index is 0.829. The lowest BCUT2D eigenvalue weighted by atomic mass is 10.0. The molecule has 20 heavy (non-hydrogen) atoms. The van der Waals surface area contributed by atoms with E-state index >= 15 is 0 Å². The first kappa shape index (κ1) is 12.6. The maximum Gasteiger partial charge on any atom is 0.148 e. The molecule has 1 N–H and O–H groups in total. The quantitative estimate of drug-likeness (QED) is 0.769. The van der Waals surface area contributed by atoms with Crippen LogP contribution in [0.15, 0.2) is 54.6 Å². The van der Waals surface area contributed by atoms with Crippen LogP contribution in [0.2, 0.25) is 0 Å². The Hall–Kier alpha value is -2.42. The van der Waals surface area contributed by atoms with Crippen LogP contribution in [-0.2, 0) is 0 Å². The maximum absolute atomic E-state index is 4.34. The SMILES string of the molecule is CCCNc1ccc(-c2cccc3ccccc23)nn1. The Bertz CT molecular complexity index is 700. The summed E-state index contributed by atoms with van der Waals surface area (Å²) in [7, 11) is 0. The molecule has 0 aliphatic heterocycles. The number of hydrogen-bond acceptors (Lipinski definition) is 3. The Morgan fingerprint density at radius 2 is 1.75 bits per heavy atom. The molecule has 3 rings (SSSR count). The molecular formula is C17H17N3. The molecule has 1 aromatic heterocycles. The van der Waals surface area contributed by atoms with E-state index < -0.39 is 0 Å². The molecule has 1 heterocycles. The Morgan fingerprint density at radius 1 is 0.900 bits per heavy atom. The molecule has 0 amide bonds. The van der Waals surface area contributed by atoms with Crippen molar-refractivity contribution in [3.63, 3.8) is 0 Å². The zero-order chi connectivity index (χ0) is 13.8. The molecule has 0 atom stereocenters. The van der Waals surface area contributed by atoms with Gasteiger partial charge in [-0.2, -0.15) is 0 Å². The highest BCUT2D eigenvalue weighted by molar-refractivity contribution is 5.95. The summed E-state index contributed by atoms with van der Waals surface area (Å²) in [5.41, 5.74) is 2.03. The zero-order valence-corrected chi connectivity index (χ0v) is 11.5. The topological polar surface area (TPSA) is 37.8 Å². The van der Waals surface area contributed by atoms with Crippen molar-refractivity contribution in [3.05, 3.63) is 54.6 Å². The number of anilines is 1. The molecule has 0 saturated heterocycles. The first-order valence-electron chi connectivity index (χ1n) is 6.94. The number of fused-ring (bicyclic) bond motifs is 1. The van der Waals surface area contributed by atoms with Crippen molar-refractivity contribution in [3.8, 4) is 11.3 Å². The van der Waals surface area contributed by atoms with Gasteiger partial charge < -0.3 is 5.32 Å². The van der Waals surface area contributed by atoms with E-state index in [2.05, 4.69) is 64.9 Å². The molecule has 0 saturated carbocycles. The van der Waals surface area contributed by atoms with Gasteiger partial charge in [0, 0.05) is 12.1 Å². The maximum atomic E-state index is 4.34.